The van der Waals surface area contributed by atoms with Crippen LogP contribution in [0.2, 0.25) is 0 Å². The number of halogens is 3. The van der Waals surface area contributed by atoms with Gasteiger partial charge in [-0.25, -0.2) is 0 Å². The van der Waals surface area contributed by atoms with Gasteiger partial charge in [0, 0.05) is 6.04 Å². The Bertz CT molecular complexity index is 188. The van der Waals surface area contributed by atoms with Crippen molar-refractivity contribution < 1.29 is 4.79 Å². The van der Waals surface area contributed by atoms with E-state index >= 15 is 0 Å². The van der Waals surface area contributed by atoms with E-state index < -0.39 is 9.70 Å². The summed E-state index contributed by atoms with van der Waals surface area (Å²) in [7, 11) is 0. The second kappa shape index (κ2) is 5.74. The lowest BCUT2D eigenvalue weighted by Crippen LogP contribution is -2.40. The van der Waals surface area contributed by atoms with Gasteiger partial charge in [-0.05, 0) is 6.42 Å². The molecule has 0 aromatic heterocycles. The van der Waals surface area contributed by atoms with Crippen LogP contribution in [-0.2, 0) is 4.79 Å². The van der Waals surface area contributed by atoms with E-state index in [9.17, 15) is 4.79 Å². The Balaban J connectivity index is 4.09. The number of nitrogens with one attached hydrogen (secondary N) is 1. The average Bonchev–Trinajstić information content (AvgIpc) is 2.01. The van der Waals surface area contributed by atoms with Crippen LogP contribution in [0, 0.1) is 0 Å². The number of carbonyl (C=O) groups excluding carboxylic acids is 1. The third-order valence-corrected chi connectivity index (χ3v) is 1.97. The quantitative estimate of drug-likeness (QED) is 0.598. The van der Waals surface area contributed by atoms with Gasteiger partial charge in [0.05, 0.1) is 0 Å². The van der Waals surface area contributed by atoms with Crippen molar-refractivity contribution in [2.45, 2.75) is 29.6 Å². The van der Waals surface area contributed by atoms with E-state index in [1.165, 1.54) is 0 Å². The van der Waals surface area contributed by atoms with E-state index in [0.717, 1.165) is 12.8 Å². The zero-order chi connectivity index (χ0) is 10.5. The van der Waals surface area contributed by atoms with Crippen LogP contribution in [0.15, 0.2) is 12.7 Å². The minimum absolute atomic E-state index is 0.131. The van der Waals surface area contributed by atoms with Crippen LogP contribution in [0.5, 0.6) is 0 Å². The first-order valence-corrected chi connectivity index (χ1v) is 5.05. The van der Waals surface area contributed by atoms with E-state index in [0.29, 0.717) is 0 Å². The molecule has 0 aromatic carbocycles. The molecule has 0 aromatic rings. The fraction of sp³-hybridized carbons (Fsp3) is 0.625. The van der Waals surface area contributed by atoms with Crippen LogP contribution in [0.1, 0.15) is 19.8 Å². The molecule has 76 valence electrons. The lowest BCUT2D eigenvalue weighted by atomic mass is 10.2. The Hall–Kier alpha value is 0.0800. The highest BCUT2D eigenvalue weighted by molar-refractivity contribution is 6.76. The molecule has 1 amide bonds. The summed E-state index contributed by atoms with van der Waals surface area (Å²) in [4.78, 5) is 11.2. The zero-order valence-corrected chi connectivity index (χ0v) is 9.59. The highest BCUT2D eigenvalue weighted by atomic mass is 35.6. The van der Waals surface area contributed by atoms with Crippen LogP contribution in [0.25, 0.3) is 0 Å². The molecule has 0 heterocycles. The molecule has 0 bridgehead atoms. The minimum Gasteiger partial charge on any atom is -0.346 e. The molecule has 0 fully saturated rings. The first-order valence-electron chi connectivity index (χ1n) is 3.92. The second-order valence-corrected chi connectivity index (χ2v) is 4.88. The Labute approximate surface area is 93.2 Å². The van der Waals surface area contributed by atoms with Crippen LogP contribution in [-0.4, -0.2) is 15.7 Å². The fourth-order valence-corrected chi connectivity index (χ4v) is 0.974. The number of amides is 1. The standard InChI is InChI=1S/C8H12Cl3NO/c1-3-5-6(4-2)12-7(13)8(9,10)11/h4,6H,2-3,5H2,1H3,(H,12,13)/t6-/m0/s1. The molecule has 0 aliphatic carbocycles. The topological polar surface area (TPSA) is 29.1 Å². The highest BCUT2D eigenvalue weighted by Gasteiger charge is 2.31. The molecule has 0 saturated carbocycles. The average molecular weight is 245 g/mol. The van der Waals surface area contributed by atoms with Crippen LogP contribution in [0.4, 0.5) is 0 Å². The summed E-state index contributed by atoms with van der Waals surface area (Å²) in [6.45, 7) is 5.57. The van der Waals surface area contributed by atoms with Gasteiger partial charge in [0.2, 0.25) is 0 Å². The molecule has 5 heteroatoms. The molecule has 1 atom stereocenters. The molecule has 0 rings (SSSR count). The molecule has 13 heavy (non-hydrogen) atoms. The SMILES string of the molecule is C=C[C@@H](CCC)NC(=O)C(Cl)(Cl)Cl. The maximum Gasteiger partial charge on any atom is 0.272 e. The summed E-state index contributed by atoms with van der Waals surface area (Å²) in [5.41, 5.74) is 0. The summed E-state index contributed by atoms with van der Waals surface area (Å²) in [5, 5.41) is 2.55. The summed E-state index contributed by atoms with van der Waals surface area (Å²) < 4.78 is -1.89. The molecule has 0 radical (unpaired) electrons. The van der Waals surface area contributed by atoms with Crippen molar-refractivity contribution in [3.63, 3.8) is 0 Å². The number of hydrogen-bond acceptors (Lipinski definition) is 1. The molecule has 0 aliphatic rings. The Morgan fingerprint density at radius 3 is 2.46 bits per heavy atom. The summed E-state index contributed by atoms with van der Waals surface area (Å²) >= 11 is 16.1. The van der Waals surface area contributed by atoms with Gasteiger partial charge < -0.3 is 5.32 Å². The summed E-state index contributed by atoms with van der Waals surface area (Å²) in [6.07, 6.45) is 3.34. The van der Waals surface area contributed by atoms with Gasteiger partial charge in [-0.3, -0.25) is 4.79 Å². The van der Waals surface area contributed by atoms with Gasteiger partial charge in [-0.15, -0.1) is 6.58 Å². The Morgan fingerprint density at radius 2 is 2.15 bits per heavy atom. The van der Waals surface area contributed by atoms with E-state index in [1.807, 2.05) is 6.92 Å². The molecule has 0 aliphatic heterocycles. The molecule has 1 N–H and O–H groups in total. The zero-order valence-electron chi connectivity index (χ0n) is 7.32. The van der Waals surface area contributed by atoms with Gasteiger partial charge in [0.15, 0.2) is 0 Å². The highest BCUT2D eigenvalue weighted by Crippen LogP contribution is 2.26. The summed E-state index contributed by atoms with van der Waals surface area (Å²) in [6, 6.07) is -0.131. The van der Waals surface area contributed by atoms with Crippen LogP contribution >= 0.6 is 34.8 Å². The molecule has 0 saturated heterocycles. The van der Waals surface area contributed by atoms with Gasteiger partial charge in [0.25, 0.3) is 9.70 Å². The van der Waals surface area contributed by atoms with Crippen molar-refractivity contribution in [1.29, 1.82) is 0 Å². The minimum atomic E-state index is -1.89. The van der Waals surface area contributed by atoms with Crippen molar-refractivity contribution in [3.8, 4) is 0 Å². The predicted molar refractivity (Wildman–Crippen MR) is 57.3 cm³/mol. The maximum atomic E-state index is 11.2. The van der Waals surface area contributed by atoms with E-state index in [-0.39, 0.29) is 6.04 Å². The van der Waals surface area contributed by atoms with Crippen molar-refractivity contribution in [2.75, 3.05) is 0 Å². The first kappa shape index (κ1) is 13.1. The Kier molecular flexibility index (Phi) is 5.77. The molecular formula is C8H12Cl3NO. The summed E-state index contributed by atoms with van der Waals surface area (Å²) in [5.74, 6) is -0.615. The van der Waals surface area contributed by atoms with E-state index in [1.54, 1.807) is 6.08 Å². The Morgan fingerprint density at radius 1 is 1.62 bits per heavy atom. The van der Waals surface area contributed by atoms with Crippen molar-refractivity contribution >= 4 is 40.7 Å². The number of rotatable bonds is 4. The smallest absolute Gasteiger partial charge is 0.272 e. The van der Waals surface area contributed by atoms with E-state index in [4.69, 9.17) is 34.8 Å². The van der Waals surface area contributed by atoms with Crippen molar-refractivity contribution in [3.05, 3.63) is 12.7 Å². The fourth-order valence-electron chi connectivity index (χ4n) is 0.810. The normalized spacial score (nSPS) is 13.5. The van der Waals surface area contributed by atoms with Gasteiger partial charge in [0.1, 0.15) is 0 Å². The van der Waals surface area contributed by atoms with Gasteiger partial charge in [-0.1, -0.05) is 54.2 Å². The second-order valence-electron chi connectivity index (χ2n) is 2.60. The van der Waals surface area contributed by atoms with Crippen molar-refractivity contribution in [1.82, 2.24) is 5.32 Å². The molecule has 2 nitrogen and oxygen atoms in total. The van der Waals surface area contributed by atoms with E-state index in [2.05, 4.69) is 11.9 Å². The lowest BCUT2D eigenvalue weighted by Gasteiger charge is -2.17. The monoisotopic (exact) mass is 243 g/mol. The molecular weight excluding hydrogens is 232 g/mol. The number of alkyl halides is 3. The number of carbonyl (C=O) groups is 1. The van der Waals surface area contributed by atoms with Crippen LogP contribution < -0.4 is 5.32 Å². The third kappa shape index (κ3) is 5.40. The predicted octanol–water partition coefficient (Wildman–Crippen LogP) is 2.83. The third-order valence-electron chi connectivity index (χ3n) is 1.46. The van der Waals surface area contributed by atoms with Gasteiger partial charge >= 0.3 is 0 Å². The lowest BCUT2D eigenvalue weighted by molar-refractivity contribution is -0.120. The van der Waals surface area contributed by atoms with Crippen molar-refractivity contribution in [2.24, 2.45) is 0 Å². The van der Waals surface area contributed by atoms with Gasteiger partial charge in [-0.2, -0.15) is 0 Å². The maximum absolute atomic E-state index is 11.2. The number of hydrogen-bond donors (Lipinski definition) is 1. The van der Waals surface area contributed by atoms with Crippen LogP contribution in [0.3, 0.4) is 0 Å². The first-order chi connectivity index (χ1) is 5.91. The largest absolute Gasteiger partial charge is 0.346 e. The molecule has 0 unspecified atom stereocenters. The molecule has 0 spiro atoms.